The molecule has 1 aromatic carbocycles. The van der Waals surface area contributed by atoms with Crippen LogP contribution in [0.4, 0.5) is 5.69 Å². The van der Waals surface area contributed by atoms with E-state index in [0.29, 0.717) is 0 Å². The van der Waals surface area contributed by atoms with Crippen LogP contribution in [0.25, 0.3) is 0 Å². The minimum absolute atomic E-state index is 0.161. The first-order valence-electron chi connectivity index (χ1n) is 6.25. The molecule has 0 spiro atoms. The van der Waals surface area contributed by atoms with Crippen molar-refractivity contribution in [3.8, 4) is 0 Å². The number of nitrogens with one attached hydrogen (secondary N) is 1. The Morgan fingerprint density at radius 1 is 1.43 bits per heavy atom. The molecule has 1 aliphatic heterocycles. The lowest BCUT2D eigenvalue weighted by Gasteiger charge is -2.31. The van der Waals surface area contributed by atoms with E-state index in [0.717, 1.165) is 4.90 Å². The highest BCUT2D eigenvalue weighted by atomic mass is 16.6. The summed E-state index contributed by atoms with van der Waals surface area (Å²) >= 11 is 0. The van der Waals surface area contributed by atoms with Gasteiger partial charge in [-0.15, -0.1) is 0 Å². The standard InChI is InChI=1S/C13H13N3O5/c1-8-13(19)14-11(17)7-15(8)12(18)6-9-4-2-3-5-10(9)16(20)21/h2-5,8H,6-7H2,1H3,(H,14,17,19). The number of nitro benzene ring substituents is 1. The first kappa shape index (κ1) is 14.6. The smallest absolute Gasteiger partial charge is 0.273 e. The van der Waals surface area contributed by atoms with Crippen molar-refractivity contribution in [1.29, 1.82) is 0 Å². The predicted octanol–water partition coefficient (Wildman–Crippen LogP) is 0.0108. The van der Waals surface area contributed by atoms with Crippen molar-refractivity contribution in [2.75, 3.05) is 6.54 Å². The molecule has 0 radical (unpaired) electrons. The minimum Gasteiger partial charge on any atom is -0.321 e. The zero-order chi connectivity index (χ0) is 15.6. The summed E-state index contributed by atoms with van der Waals surface area (Å²) in [5.74, 6) is -1.61. The minimum atomic E-state index is -0.780. The molecule has 1 aromatic rings. The number of imide groups is 1. The number of carbonyl (C=O) groups is 3. The van der Waals surface area contributed by atoms with Gasteiger partial charge in [0.2, 0.25) is 17.7 Å². The molecule has 2 rings (SSSR count). The topological polar surface area (TPSA) is 110 Å². The van der Waals surface area contributed by atoms with Crippen molar-refractivity contribution in [2.24, 2.45) is 0 Å². The lowest BCUT2D eigenvalue weighted by Crippen LogP contribution is -2.58. The highest BCUT2D eigenvalue weighted by Crippen LogP contribution is 2.19. The van der Waals surface area contributed by atoms with Crippen LogP contribution in [0.2, 0.25) is 0 Å². The maximum Gasteiger partial charge on any atom is 0.273 e. The SMILES string of the molecule is CC1C(=O)NC(=O)CN1C(=O)Cc1ccccc1[N+](=O)[O-]. The predicted molar refractivity (Wildman–Crippen MR) is 71.1 cm³/mol. The number of rotatable bonds is 3. The Bertz CT molecular complexity index is 628. The number of carbonyl (C=O) groups excluding carboxylic acids is 3. The number of amides is 3. The van der Waals surface area contributed by atoms with Gasteiger partial charge in [-0.05, 0) is 6.92 Å². The summed E-state index contributed by atoms with van der Waals surface area (Å²) in [7, 11) is 0. The molecule has 0 aromatic heterocycles. The number of hydrogen-bond acceptors (Lipinski definition) is 5. The van der Waals surface area contributed by atoms with Crippen LogP contribution in [-0.4, -0.2) is 40.1 Å². The van der Waals surface area contributed by atoms with E-state index >= 15 is 0 Å². The van der Waals surface area contributed by atoms with Gasteiger partial charge in [0, 0.05) is 11.6 Å². The van der Waals surface area contributed by atoms with Crippen molar-refractivity contribution in [3.05, 3.63) is 39.9 Å². The van der Waals surface area contributed by atoms with Gasteiger partial charge in [-0.2, -0.15) is 0 Å². The summed E-state index contributed by atoms with van der Waals surface area (Å²) in [6.07, 6.45) is -0.234. The average molecular weight is 291 g/mol. The molecule has 110 valence electrons. The number of nitro groups is 1. The Morgan fingerprint density at radius 3 is 2.76 bits per heavy atom. The van der Waals surface area contributed by atoms with Gasteiger partial charge in [-0.25, -0.2) is 0 Å². The Kier molecular flexibility index (Phi) is 3.97. The molecule has 0 aliphatic carbocycles. The van der Waals surface area contributed by atoms with Crippen LogP contribution >= 0.6 is 0 Å². The summed E-state index contributed by atoms with van der Waals surface area (Å²) in [4.78, 5) is 46.5. The average Bonchev–Trinajstić information content (AvgIpc) is 2.43. The largest absolute Gasteiger partial charge is 0.321 e. The first-order chi connectivity index (χ1) is 9.90. The third-order valence-electron chi connectivity index (χ3n) is 3.27. The van der Waals surface area contributed by atoms with Crippen LogP contribution in [0.3, 0.4) is 0 Å². The summed E-state index contributed by atoms with van der Waals surface area (Å²) in [5.41, 5.74) is 0.0874. The van der Waals surface area contributed by atoms with Crippen LogP contribution < -0.4 is 5.32 Å². The second-order valence-corrected chi connectivity index (χ2v) is 4.67. The molecular weight excluding hydrogens is 278 g/mol. The molecule has 0 saturated carbocycles. The van der Waals surface area contributed by atoms with Gasteiger partial charge in [0.25, 0.3) is 5.69 Å². The Hall–Kier alpha value is -2.77. The fraction of sp³-hybridized carbons (Fsp3) is 0.308. The third-order valence-corrected chi connectivity index (χ3v) is 3.27. The van der Waals surface area contributed by atoms with Gasteiger partial charge in [-0.1, -0.05) is 18.2 Å². The molecule has 21 heavy (non-hydrogen) atoms. The highest BCUT2D eigenvalue weighted by Gasteiger charge is 2.33. The number of benzene rings is 1. The van der Waals surface area contributed by atoms with Gasteiger partial charge < -0.3 is 4.90 Å². The molecule has 1 fully saturated rings. The monoisotopic (exact) mass is 291 g/mol. The maximum atomic E-state index is 12.2. The van der Waals surface area contributed by atoms with Crippen molar-refractivity contribution in [1.82, 2.24) is 10.2 Å². The maximum absolute atomic E-state index is 12.2. The van der Waals surface area contributed by atoms with E-state index in [-0.39, 0.29) is 24.2 Å². The lowest BCUT2D eigenvalue weighted by atomic mass is 10.1. The van der Waals surface area contributed by atoms with E-state index in [1.807, 2.05) is 0 Å². The second kappa shape index (κ2) is 5.70. The quantitative estimate of drug-likeness (QED) is 0.479. The van der Waals surface area contributed by atoms with Crippen molar-refractivity contribution >= 4 is 23.4 Å². The molecule has 8 heteroatoms. The van der Waals surface area contributed by atoms with Crippen LogP contribution in [0.1, 0.15) is 12.5 Å². The van der Waals surface area contributed by atoms with E-state index < -0.39 is 28.7 Å². The first-order valence-corrected chi connectivity index (χ1v) is 6.25. The van der Waals surface area contributed by atoms with Crippen molar-refractivity contribution < 1.29 is 19.3 Å². The molecule has 3 amide bonds. The van der Waals surface area contributed by atoms with E-state index in [4.69, 9.17) is 0 Å². The van der Waals surface area contributed by atoms with Crippen molar-refractivity contribution in [3.63, 3.8) is 0 Å². The van der Waals surface area contributed by atoms with Gasteiger partial charge in [-0.3, -0.25) is 29.8 Å². The normalized spacial score (nSPS) is 18.3. The number of nitrogens with zero attached hydrogens (tertiary/aromatic N) is 2. The number of hydrogen-bond donors (Lipinski definition) is 1. The van der Waals surface area contributed by atoms with Crippen LogP contribution in [0.5, 0.6) is 0 Å². The summed E-state index contributed by atoms with van der Waals surface area (Å²) in [6, 6.07) is 5.10. The Balaban J connectivity index is 2.20. The van der Waals surface area contributed by atoms with Gasteiger partial charge >= 0.3 is 0 Å². The van der Waals surface area contributed by atoms with Crippen molar-refractivity contribution in [2.45, 2.75) is 19.4 Å². The number of para-hydroxylation sites is 1. The van der Waals surface area contributed by atoms with Gasteiger partial charge in [0.1, 0.15) is 12.6 Å². The molecule has 0 bridgehead atoms. The molecule has 8 nitrogen and oxygen atoms in total. The third kappa shape index (κ3) is 3.04. The van der Waals surface area contributed by atoms with E-state index in [9.17, 15) is 24.5 Å². The van der Waals surface area contributed by atoms with Crippen LogP contribution in [-0.2, 0) is 20.8 Å². The summed E-state index contributed by atoms with van der Waals surface area (Å²) in [5, 5.41) is 13.0. The van der Waals surface area contributed by atoms with Gasteiger partial charge in [0.15, 0.2) is 0 Å². The van der Waals surface area contributed by atoms with E-state index in [1.165, 1.54) is 25.1 Å². The molecule has 1 heterocycles. The fourth-order valence-electron chi connectivity index (χ4n) is 2.12. The number of piperazine rings is 1. The Labute approximate surface area is 119 Å². The molecular formula is C13H13N3O5. The Morgan fingerprint density at radius 2 is 2.10 bits per heavy atom. The van der Waals surface area contributed by atoms with E-state index in [2.05, 4.69) is 5.32 Å². The zero-order valence-electron chi connectivity index (χ0n) is 11.2. The van der Waals surface area contributed by atoms with Crippen LogP contribution in [0, 0.1) is 10.1 Å². The molecule has 1 N–H and O–H groups in total. The molecule has 1 aliphatic rings. The lowest BCUT2D eigenvalue weighted by molar-refractivity contribution is -0.385. The van der Waals surface area contributed by atoms with Gasteiger partial charge in [0.05, 0.1) is 11.3 Å². The van der Waals surface area contributed by atoms with E-state index in [1.54, 1.807) is 6.07 Å². The highest BCUT2D eigenvalue weighted by molar-refractivity contribution is 6.04. The molecule has 1 saturated heterocycles. The molecule has 1 atom stereocenters. The molecule has 1 unspecified atom stereocenters. The summed E-state index contributed by atoms with van der Waals surface area (Å²) < 4.78 is 0. The van der Waals surface area contributed by atoms with Crippen LogP contribution in [0.15, 0.2) is 24.3 Å². The summed E-state index contributed by atoms with van der Waals surface area (Å²) in [6.45, 7) is 1.27. The second-order valence-electron chi connectivity index (χ2n) is 4.67. The fourth-order valence-corrected chi connectivity index (χ4v) is 2.12. The zero-order valence-corrected chi connectivity index (χ0v) is 11.2.